The first-order valence-electron chi connectivity index (χ1n) is 14.9. The van der Waals surface area contributed by atoms with Crippen molar-refractivity contribution in [3.63, 3.8) is 0 Å². The van der Waals surface area contributed by atoms with Crippen LogP contribution in [0, 0.1) is 11.2 Å². The number of carbonyl (C=O) groups excluding carboxylic acids is 4. The number of likely N-dealkylation sites (tertiary alicyclic amines) is 1. The Morgan fingerprint density at radius 2 is 1.85 bits per heavy atom. The summed E-state index contributed by atoms with van der Waals surface area (Å²) in [6, 6.07) is 7.63. The van der Waals surface area contributed by atoms with Gasteiger partial charge < -0.3 is 24.0 Å². The summed E-state index contributed by atoms with van der Waals surface area (Å²) in [5, 5.41) is 2.97. The molecule has 2 amide bonds. The molecule has 0 aliphatic carbocycles. The van der Waals surface area contributed by atoms with E-state index in [0.717, 1.165) is 4.90 Å². The lowest BCUT2D eigenvalue weighted by molar-refractivity contribution is -0.159. The number of alkyl halides is 1. The minimum absolute atomic E-state index is 0.00646. The number of nitrogens with zero attached hydrogens (tertiary/aromatic N) is 2. The first-order valence-corrected chi connectivity index (χ1v) is 16.8. The van der Waals surface area contributed by atoms with E-state index in [1.54, 1.807) is 27.7 Å². The third-order valence-corrected chi connectivity index (χ3v) is 9.79. The number of ketones is 1. The highest BCUT2D eigenvalue weighted by Gasteiger charge is 2.40. The number of fused-ring (bicyclic) bond motifs is 1. The maximum absolute atomic E-state index is 14.6. The third-order valence-electron chi connectivity index (χ3n) is 7.55. The van der Waals surface area contributed by atoms with Crippen molar-refractivity contribution in [3.8, 4) is 0 Å². The monoisotopic (exact) mass is 695 g/mol. The average Bonchev–Trinajstić information content (AvgIpc) is 3.57. The van der Waals surface area contributed by atoms with Gasteiger partial charge in [-0.1, -0.05) is 29.8 Å². The summed E-state index contributed by atoms with van der Waals surface area (Å²) in [5.41, 5.74) is -0.0943. The van der Waals surface area contributed by atoms with Gasteiger partial charge in [-0.15, -0.1) is 0 Å². The first-order chi connectivity index (χ1) is 22.1. The molecule has 3 aromatic rings. The van der Waals surface area contributed by atoms with Crippen molar-refractivity contribution in [2.45, 2.75) is 66.3 Å². The standard InChI is InChI=1S/C32H37ClF2N3O8P/c1-6-45-47(43,46-18-44-31(42)32(3,4)5)22-10-11-23-24(19(2)39)16-37(26(23)13-22)17-28(40)38-15-21(34)12-27(38)30(41)36-14-20-8-7-9-25(33)29(20)35/h7-11,13,16,21,27H,6,12,14-15,17-18H2,1-5H3,(H,36,41)/t21-,27+,47?/m1/s1. The van der Waals surface area contributed by atoms with E-state index in [-0.39, 0.29) is 53.4 Å². The molecule has 1 aromatic heterocycles. The molecular weight excluding hydrogens is 659 g/mol. The van der Waals surface area contributed by atoms with Crippen molar-refractivity contribution in [2.75, 3.05) is 19.9 Å². The van der Waals surface area contributed by atoms with E-state index in [2.05, 4.69) is 5.32 Å². The van der Waals surface area contributed by atoms with Crippen LogP contribution in [0.15, 0.2) is 42.6 Å². The number of carbonyl (C=O) groups is 4. The van der Waals surface area contributed by atoms with Crippen LogP contribution in [0.4, 0.5) is 8.78 Å². The molecule has 1 unspecified atom stereocenters. The number of nitrogens with one attached hydrogen (secondary N) is 1. The van der Waals surface area contributed by atoms with Crippen molar-refractivity contribution < 1.29 is 46.3 Å². The Kier molecular flexibility index (Phi) is 11.3. The molecule has 0 saturated carbocycles. The summed E-state index contributed by atoms with van der Waals surface area (Å²) in [5.74, 6) is -2.85. The summed E-state index contributed by atoms with van der Waals surface area (Å²) in [7, 11) is -4.05. The fourth-order valence-electron chi connectivity index (χ4n) is 5.11. The van der Waals surface area contributed by atoms with Crippen molar-refractivity contribution in [3.05, 3.63) is 64.6 Å². The number of rotatable bonds is 12. The minimum Gasteiger partial charge on any atom is -0.438 e. The number of hydrogen-bond donors (Lipinski definition) is 1. The van der Waals surface area contributed by atoms with E-state index in [9.17, 15) is 32.5 Å². The number of halogens is 3. The van der Waals surface area contributed by atoms with E-state index in [1.165, 1.54) is 54.1 Å². The van der Waals surface area contributed by atoms with Crippen LogP contribution in [0.5, 0.6) is 0 Å². The molecule has 1 aliphatic heterocycles. The Balaban J connectivity index is 1.58. The number of esters is 1. The van der Waals surface area contributed by atoms with Gasteiger partial charge in [0.15, 0.2) is 5.78 Å². The molecule has 0 spiro atoms. The second-order valence-electron chi connectivity index (χ2n) is 12.1. The Hall–Kier alpha value is -3.64. The predicted octanol–water partition coefficient (Wildman–Crippen LogP) is 5.31. The van der Waals surface area contributed by atoms with E-state index in [1.807, 2.05) is 0 Å². The van der Waals surface area contributed by atoms with Crippen LogP contribution >= 0.6 is 19.2 Å². The Bertz CT molecular complexity index is 1740. The maximum atomic E-state index is 14.6. The van der Waals surface area contributed by atoms with Crippen LogP contribution in [0.1, 0.15) is 57.0 Å². The summed E-state index contributed by atoms with van der Waals surface area (Å²) >= 11 is 5.82. The maximum Gasteiger partial charge on any atom is 0.364 e. The van der Waals surface area contributed by atoms with Gasteiger partial charge in [-0.3, -0.25) is 28.3 Å². The molecule has 15 heteroatoms. The fourth-order valence-corrected chi connectivity index (χ4v) is 6.75. The van der Waals surface area contributed by atoms with Crippen LogP contribution in [0.2, 0.25) is 5.02 Å². The highest BCUT2D eigenvalue weighted by molar-refractivity contribution is 7.62. The Morgan fingerprint density at radius 1 is 1.13 bits per heavy atom. The number of hydrogen-bond acceptors (Lipinski definition) is 8. The van der Waals surface area contributed by atoms with Gasteiger partial charge in [-0.05, 0) is 52.8 Å². The molecule has 1 fully saturated rings. The normalized spacial score (nSPS) is 17.8. The molecule has 1 saturated heterocycles. The molecule has 254 valence electrons. The van der Waals surface area contributed by atoms with Crippen LogP contribution in [0.3, 0.4) is 0 Å². The molecule has 2 aromatic carbocycles. The van der Waals surface area contributed by atoms with E-state index >= 15 is 0 Å². The van der Waals surface area contributed by atoms with Gasteiger partial charge in [-0.25, -0.2) is 8.78 Å². The third kappa shape index (κ3) is 8.27. The summed E-state index contributed by atoms with van der Waals surface area (Å²) < 4.78 is 60.3. The van der Waals surface area contributed by atoms with Crippen LogP contribution in [-0.4, -0.2) is 65.2 Å². The van der Waals surface area contributed by atoms with Crippen molar-refractivity contribution in [2.24, 2.45) is 5.41 Å². The molecule has 1 N–H and O–H groups in total. The van der Waals surface area contributed by atoms with Gasteiger partial charge in [0, 0.05) is 35.7 Å². The van der Waals surface area contributed by atoms with Crippen LogP contribution in [0.25, 0.3) is 10.9 Å². The van der Waals surface area contributed by atoms with Crippen LogP contribution in [-0.2, 0) is 45.8 Å². The molecular formula is C32H37ClF2N3O8P. The topological polar surface area (TPSA) is 133 Å². The molecule has 4 rings (SSSR count). The van der Waals surface area contributed by atoms with Gasteiger partial charge in [0.05, 0.1) is 34.4 Å². The second-order valence-corrected chi connectivity index (χ2v) is 14.5. The molecule has 2 heterocycles. The predicted molar refractivity (Wildman–Crippen MR) is 171 cm³/mol. The smallest absolute Gasteiger partial charge is 0.364 e. The second kappa shape index (κ2) is 14.6. The molecule has 3 atom stereocenters. The number of benzene rings is 2. The first kappa shape index (κ1) is 36.2. The zero-order valence-electron chi connectivity index (χ0n) is 26.7. The zero-order valence-corrected chi connectivity index (χ0v) is 28.3. The zero-order chi connectivity index (χ0) is 34.7. The molecule has 0 bridgehead atoms. The average molecular weight is 696 g/mol. The number of ether oxygens (including phenoxy) is 1. The highest BCUT2D eigenvalue weighted by Crippen LogP contribution is 2.47. The molecule has 11 nitrogen and oxygen atoms in total. The van der Waals surface area contributed by atoms with E-state index < -0.39 is 62.2 Å². The largest absolute Gasteiger partial charge is 0.438 e. The minimum atomic E-state index is -4.05. The van der Waals surface area contributed by atoms with Gasteiger partial charge in [0.25, 0.3) is 0 Å². The molecule has 1 aliphatic rings. The van der Waals surface area contributed by atoms with Gasteiger partial charge in [0.1, 0.15) is 24.6 Å². The Labute approximate surface area is 276 Å². The summed E-state index contributed by atoms with van der Waals surface area (Å²) in [4.78, 5) is 52.4. The van der Waals surface area contributed by atoms with E-state index in [4.69, 9.17) is 25.4 Å². The lowest BCUT2D eigenvalue weighted by Gasteiger charge is -2.24. The molecule has 0 radical (unpaired) electrons. The van der Waals surface area contributed by atoms with Gasteiger partial charge in [0.2, 0.25) is 18.6 Å². The number of aromatic nitrogens is 1. The summed E-state index contributed by atoms with van der Waals surface area (Å²) in [6.45, 7) is 6.32. The van der Waals surface area contributed by atoms with Crippen molar-refractivity contribution in [1.29, 1.82) is 0 Å². The molecule has 47 heavy (non-hydrogen) atoms. The summed E-state index contributed by atoms with van der Waals surface area (Å²) in [6.07, 6.45) is -0.272. The van der Waals surface area contributed by atoms with Crippen LogP contribution < -0.4 is 10.6 Å². The lowest BCUT2D eigenvalue weighted by Crippen LogP contribution is -2.46. The quantitative estimate of drug-likeness (QED) is 0.117. The number of Topliss-reactive ketones (excluding diaryl/α,β-unsaturated/α-hetero) is 1. The SMILES string of the molecule is CCOP(=O)(OCOC(=O)C(C)(C)C)c1ccc2c(C(C)=O)cn(CC(=O)N3C[C@H](F)C[C@H]3C(=O)NCc3cccc(Cl)c3F)c2c1. The van der Waals surface area contributed by atoms with Gasteiger partial charge in [-0.2, -0.15) is 0 Å². The van der Waals surface area contributed by atoms with E-state index in [0.29, 0.717) is 10.9 Å². The highest BCUT2D eigenvalue weighted by atomic mass is 35.5. The fraction of sp³-hybridized carbons (Fsp3) is 0.438. The van der Waals surface area contributed by atoms with Crippen molar-refractivity contribution in [1.82, 2.24) is 14.8 Å². The van der Waals surface area contributed by atoms with Crippen molar-refractivity contribution >= 4 is 59.0 Å². The number of amides is 2. The van der Waals surface area contributed by atoms with Gasteiger partial charge >= 0.3 is 13.6 Å². The Morgan fingerprint density at radius 3 is 2.51 bits per heavy atom. The lowest BCUT2D eigenvalue weighted by atomic mass is 9.98.